The Morgan fingerprint density at radius 2 is 1.65 bits per heavy atom. The molecule has 3 aromatic rings. The molecule has 0 fully saturated rings. The second-order valence-corrected chi connectivity index (χ2v) is 5.41. The van der Waals surface area contributed by atoms with Gasteiger partial charge in [0.1, 0.15) is 5.75 Å². The van der Waals surface area contributed by atoms with Crippen molar-refractivity contribution in [2.45, 2.75) is 13.0 Å². The Morgan fingerprint density at radius 3 is 2.43 bits per heavy atom. The fraction of sp³-hybridized carbons (Fsp3) is 0.167. The van der Waals surface area contributed by atoms with Crippen molar-refractivity contribution in [1.82, 2.24) is 4.57 Å². The van der Waals surface area contributed by atoms with Crippen molar-refractivity contribution in [3.8, 4) is 5.75 Å². The summed E-state index contributed by atoms with van der Waals surface area (Å²) in [4.78, 5) is 12.1. The van der Waals surface area contributed by atoms with E-state index in [1.54, 1.807) is 28.8 Å². The van der Waals surface area contributed by atoms with Crippen LogP contribution in [0.15, 0.2) is 59.4 Å². The first-order chi connectivity index (χ1) is 11.1. The maximum absolute atomic E-state index is 12.1. The summed E-state index contributed by atoms with van der Waals surface area (Å²) < 4.78 is 7.41. The van der Waals surface area contributed by atoms with Gasteiger partial charge in [-0.2, -0.15) is 0 Å². The lowest BCUT2D eigenvalue weighted by Crippen LogP contribution is -2.20. The van der Waals surface area contributed by atoms with Gasteiger partial charge in [-0.15, -0.1) is 0 Å². The topological polar surface area (TPSA) is 83.3 Å². The van der Waals surface area contributed by atoms with Gasteiger partial charge in [0.05, 0.1) is 12.1 Å². The number of hydrogen-bond acceptors (Lipinski definition) is 4. The number of nitrogen functional groups attached to an aromatic ring is 2. The summed E-state index contributed by atoms with van der Waals surface area (Å²) in [5.41, 5.74) is 13.7. The van der Waals surface area contributed by atoms with Gasteiger partial charge < -0.3 is 20.8 Å². The zero-order valence-electron chi connectivity index (χ0n) is 12.7. The molecule has 0 bridgehead atoms. The van der Waals surface area contributed by atoms with Crippen molar-refractivity contribution in [1.29, 1.82) is 0 Å². The molecule has 0 saturated heterocycles. The number of aryl methyl sites for hydroxylation is 1. The van der Waals surface area contributed by atoms with Gasteiger partial charge in [-0.05, 0) is 55.0 Å². The second kappa shape index (κ2) is 6.44. The van der Waals surface area contributed by atoms with E-state index < -0.39 is 0 Å². The third-order valence-electron chi connectivity index (χ3n) is 3.69. The fourth-order valence-corrected chi connectivity index (χ4v) is 2.53. The highest BCUT2D eigenvalue weighted by Crippen LogP contribution is 2.16. The molecule has 0 aliphatic carbocycles. The lowest BCUT2D eigenvalue weighted by Gasteiger charge is -2.11. The third-order valence-corrected chi connectivity index (χ3v) is 3.69. The average molecular weight is 309 g/mol. The molecule has 5 nitrogen and oxygen atoms in total. The number of nitrogens with zero attached hydrogens (tertiary/aromatic N) is 1. The first kappa shape index (κ1) is 15.0. The predicted molar refractivity (Wildman–Crippen MR) is 93.6 cm³/mol. The molecule has 2 aromatic carbocycles. The molecule has 5 heteroatoms. The summed E-state index contributed by atoms with van der Waals surface area (Å²) in [5.74, 6) is 0.775. The number of benzene rings is 2. The Labute approximate surface area is 134 Å². The van der Waals surface area contributed by atoms with Crippen LogP contribution in [0.25, 0.3) is 10.9 Å². The molecule has 118 valence electrons. The van der Waals surface area contributed by atoms with Crippen LogP contribution in [0.5, 0.6) is 5.75 Å². The minimum Gasteiger partial charge on any atom is -0.494 e. The van der Waals surface area contributed by atoms with Crippen LogP contribution in [0, 0.1) is 0 Å². The van der Waals surface area contributed by atoms with Gasteiger partial charge >= 0.3 is 0 Å². The summed E-state index contributed by atoms with van der Waals surface area (Å²) in [6.45, 7) is 1.12. The van der Waals surface area contributed by atoms with Crippen LogP contribution in [-0.4, -0.2) is 11.2 Å². The smallest absolute Gasteiger partial charge is 0.251 e. The Morgan fingerprint density at radius 1 is 0.913 bits per heavy atom. The molecule has 23 heavy (non-hydrogen) atoms. The van der Waals surface area contributed by atoms with Gasteiger partial charge in [0, 0.05) is 29.4 Å². The molecule has 1 aromatic heterocycles. The van der Waals surface area contributed by atoms with Crippen LogP contribution in [0.1, 0.15) is 6.42 Å². The summed E-state index contributed by atoms with van der Waals surface area (Å²) in [5, 5.41) is 0.962. The van der Waals surface area contributed by atoms with Crippen molar-refractivity contribution in [3.05, 3.63) is 65.0 Å². The summed E-state index contributed by atoms with van der Waals surface area (Å²) in [6.07, 6.45) is 0.730. The van der Waals surface area contributed by atoms with Gasteiger partial charge in [0.2, 0.25) is 0 Å². The fourth-order valence-electron chi connectivity index (χ4n) is 2.53. The van der Waals surface area contributed by atoms with Crippen LogP contribution >= 0.6 is 0 Å². The Bertz CT molecular complexity index is 870. The number of aromatic nitrogens is 1. The molecule has 0 unspecified atom stereocenters. The molecule has 0 aliphatic rings. The number of hydrogen-bond donors (Lipinski definition) is 2. The molecule has 0 amide bonds. The summed E-state index contributed by atoms with van der Waals surface area (Å²) >= 11 is 0. The molecule has 0 atom stereocenters. The Kier molecular flexibility index (Phi) is 4.19. The highest BCUT2D eigenvalue weighted by atomic mass is 16.5. The van der Waals surface area contributed by atoms with E-state index >= 15 is 0 Å². The number of fused-ring (bicyclic) bond motifs is 1. The molecule has 4 N–H and O–H groups in total. The van der Waals surface area contributed by atoms with Crippen molar-refractivity contribution in [3.63, 3.8) is 0 Å². The minimum atomic E-state index is -0.0187. The van der Waals surface area contributed by atoms with E-state index in [0.29, 0.717) is 24.5 Å². The maximum atomic E-state index is 12.1. The van der Waals surface area contributed by atoms with E-state index in [2.05, 4.69) is 0 Å². The van der Waals surface area contributed by atoms with Crippen LogP contribution < -0.4 is 21.8 Å². The third kappa shape index (κ3) is 3.45. The highest BCUT2D eigenvalue weighted by Gasteiger charge is 2.03. The van der Waals surface area contributed by atoms with E-state index in [1.165, 1.54) is 0 Å². The normalized spacial score (nSPS) is 10.8. The lowest BCUT2D eigenvalue weighted by molar-refractivity contribution is 0.302. The SMILES string of the molecule is Nc1ccc(OCCCn2c(=O)ccc3cc(N)ccc32)cc1. The van der Waals surface area contributed by atoms with Crippen LogP contribution in [0.4, 0.5) is 11.4 Å². The number of anilines is 2. The molecular formula is C18H19N3O2. The van der Waals surface area contributed by atoms with Gasteiger partial charge in [-0.1, -0.05) is 0 Å². The number of rotatable bonds is 5. The van der Waals surface area contributed by atoms with E-state index in [4.69, 9.17) is 16.2 Å². The van der Waals surface area contributed by atoms with Crippen molar-refractivity contribution in [2.75, 3.05) is 18.1 Å². The Hall–Kier alpha value is -2.95. The number of pyridine rings is 1. The minimum absolute atomic E-state index is 0.0187. The number of nitrogens with two attached hydrogens (primary N) is 2. The predicted octanol–water partition coefficient (Wildman–Crippen LogP) is 2.64. The van der Waals surface area contributed by atoms with E-state index in [1.807, 2.05) is 30.3 Å². The molecular weight excluding hydrogens is 290 g/mol. The molecule has 0 saturated carbocycles. The van der Waals surface area contributed by atoms with E-state index in [9.17, 15) is 4.79 Å². The van der Waals surface area contributed by atoms with Gasteiger partial charge in [-0.3, -0.25) is 4.79 Å². The van der Waals surface area contributed by atoms with Crippen molar-refractivity contribution >= 4 is 22.3 Å². The zero-order chi connectivity index (χ0) is 16.2. The first-order valence-corrected chi connectivity index (χ1v) is 7.51. The monoisotopic (exact) mass is 309 g/mol. The first-order valence-electron chi connectivity index (χ1n) is 7.51. The highest BCUT2D eigenvalue weighted by molar-refractivity contribution is 5.82. The zero-order valence-corrected chi connectivity index (χ0v) is 12.7. The molecule has 0 aliphatic heterocycles. The van der Waals surface area contributed by atoms with Gasteiger partial charge in [-0.25, -0.2) is 0 Å². The number of ether oxygens (including phenoxy) is 1. The van der Waals surface area contributed by atoms with Crippen molar-refractivity contribution in [2.24, 2.45) is 0 Å². The van der Waals surface area contributed by atoms with Crippen LogP contribution in [0.2, 0.25) is 0 Å². The molecule has 0 radical (unpaired) electrons. The Balaban J connectivity index is 1.68. The second-order valence-electron chi connectivity index (χ2n) is 5.41. The molecule has 0 spiro atoms. The van der Waals surface area contributed by atoms with Gasteiger partial charge in [0.15, 0.2) is 0 Å². The molecule has 3 rings (SSSR count). The maximum Gasteiger partial charge on any atom is 0.251 e. The van der Waals surface area contributed by atoms with E-state index in [0.717, 1.165) is 23.1 Å². The van der Waals surface area contributed by atoms with Crippen LogP contribution in [-0.2, 0) is 6.54 Å². The quantitative estimate of drug-likeness (QED) is 0.560. The van der Waals surface area contributed by atoms with Crippen molar-refractivity contribution < 1.29 is 4.74 Å². The largest absolute Gasteiger partial charge is 0.494 e. The van der Waals surface area contributed by atoms with E-state index in [-0.39, 0.29) is 5.56 Å². The van der Waals surface area contributed by atoms with Crippen LogP contribution in [0.3, 0.4) is 0 Å². The van der Waals surface area contributed by atoms with Gasteiger partial charge in [0.25, 0.3) is 5.56 Å². The summed E-state index contributed by atoms with van der Waals surface area (Å²) in [7, 11) is 0. The average Bonchev–Trinajstić information content (AvgIpc) is 2.55. The summed E-state index contributed by atoms with van der Waals surface area (Å²) in [6, 6.07) is 16.2. The lowest BCUT2D eigenvalue weighted by atomic mass is 10.2. The standard InChI is InChI=1S/C18H19N3O2/c19-14-3-6-16(7-4-14)23-11-1-10-21-17-8-5-15(20)12-13(17)2-9-18(21)22/h2-9,12H,1,10-11,19-20H2. The molecule has 1 heterocycles.